The summed E-state index contributed by atoms with van der Waals surface area (Å²) >= 11 is 0. The molecular formula is C20H27N3O2. The predicted molar refractivity (Wildman–Crippen MR) is 96.6 cm³/mol. The van der Waals surface area contributed by atoms with Gasteiger partial charge in [0, 0.05) is 50.5 Å². The molecule has 1 aliphatic carbocycles. The highest BCUT2D eigenvalue weighted by atomic mass is 16.5. The zero-order chi connectivity index (χ0) is 17.2. The summed E-state index contributed by atoms with van der Waals surface area (Å²) in [5.41, 5.74) is 3.96. The molecule has 0 radical (unpaired) electrons. The topological polar surface area (TPSA) is 39.5 Å². The van der Waals surface area contributed by atoms with E-state index in [2.05, 4.69) is 28.2 Å². The Morgan fingerprint density at radius 3 is 2.92 bits per heavy atom. The third kappa shape index (κ3) is 3.88. The van der Waals surface area contributed by atoms with Crippen molar-refractivity contribution in [2.24, 2.45) is 13.0 Å². The molecule has 0 saturated heterocycles. The Hall–Kier alpha value is -1.85. The van der Waals surface area contributed by atoms with E-state index in [9.17, 15) is 0 Å². The summed E-state index contributed by atoms with van der Waals surface area (Å²) in [4.78, 5) is 2.49. The molecular weight excluding hydrogens is 314 g/mol. The summed E-state index contributed by atoms with van der Waals surface area (Å²) in [5, 5.41) is 4.49. The number of hydrogen-bond donors (Lipinski definition) is 0. The Morgan fingerprint density at radius 1 is 1.24 bits per heavy atom. The van der Waals surface area contributed by atoms with Gasteiger partial charge in [-0.15, -0.1) is 0 Å². The molecule has 0 N–H and O–H groups in total. The van der Waals surface area contributed by atoms with Crippen molar-refractivity contribution in [2.75, 3.05) is 26.9 Å². The maximum atomic E-state index is 6.03. The van der Waals surface area contributed by atoms with Crippen molar-refractivity contribution in [2.45, 2.75) is 31.8 Å². The van der Waals surface area contributed by atoms with E-state index in [4.69, 9.17) is 9.47 Å². The van der Waals surface area contributed by atoms with Gasteiger partial charge in [-0.2, -0.15) is 5.10 Å². The molecule has 2 aliphatic rings. The van der Waals surface area contributed by atoms with E-state index in [1.165, 1.54) is 29.7 Å². The molecule has 1 saturated carbocycles. The maximum Gasteiger partial charge on any atom is 0.119 e. The molecule has 2 aromatic rings. The van der Waals surface area contributed by atoms with Gasteiger partial charge in [-0.3, -0.25) is 9.58 Å². The Labute approximate surface area is 149 Å². The second-order valence-electron chi connectivity index (χ2n) is 7.38. The highest BCUT2D eigenvalue weighted by Crippen LogP contribution is 2.32. The predicted octanol–water partition coefficient (Wildman–Crippen LogP) is 2.95. The van der Waals surface area contributed by atoms with Gasteiger partial charge >= 0.3 is 0 Å². The number of ether oxygens (including phenoxy) is 2. The summed E-state index contributed by atoms with van der Waals surface area (Å²) in [6.07, 6.45) is 4.69. The Balaban J connectivity index is 1.46. The van der Waals surface area contributed by atoms with Crippen LogP contribution in [-0.2, 0) is 24.9 Å². The van der Waals surface area contributed by atoms with Crippen molar-refractivity contribution >= 4 is 0 Å². The third-order valence-electron chi connectivity index (χ3n) is 5.23. The van der Waals surface area contributed by atoms with Crippen LogP contribution in [0.2, 0.25) is 0 Å². The molecule has 1 fully saturated rings. The van der Waals surface area contributed by atoms with E-state index in [1.807, 2.05) is 24.0 Å². The summed E-state index contributed by atoms with van der Waals surface area (Å²) in [6.45, 7) is 4.58. The summed E-state index contributed by atoms with van der Waals surface area (Å²) in [5.74, 6) is 2.11. The van der Waals surface area contributed by atoms with Crippen LogP contribution >= 0.6 is 0 Å². The van der Waals surface area contributed by atoms with Crippen molar-refractivity contribution in [1.29, 1.82) is 0 Å². The highest BCUT2D eigenvalue weighted by molar-refractivity contribution is 5.29. The summed E-state index contributed by atoms with van der Waals surface area (Å²) in [6, 6.07) is 8.34. The number of nitrogens with zero attached hydrogens (tertiary/aromatic N) is 3. The zero-order valence-electron chi connectivity index (χ0n) is 15.1. The monoisotopic (exact) mass is 341 g/mol. The fourth-order valence-electron chi connectivity index (χ4n) is 3.79. The lowest BCUT2D eigenvalue weighted by atomic mass is 9.96. The average molecular weight is 341 g/mol. The first-order valence-electron chi connectivity index (χ1n) is 9.16. The molecule has 1 aliphatic heterocycles. The number of benzene rings is 1. The minimum absolute atomic E-state index is 0.389. The number of hydrogen-bond acceptors (Lipinski definition) is 4. The molecule has 5 heteroatoms. The molecule has 25 heavy (non-hydrogen) atoms. The lowest BCUT2D eigenvalue weighted by Crippen LogP contribution is -2.35. The van der Waals surface area contributed by atoms with Crippen LogP contribution in [0.15, 0.2) is 30.5 Å². The van der Waals surface area contributed by atoms with Crippen LogP contribution in [0.3, 0.4) is 0 Å². The van der Waals surface area contributed by atoms with E-state index in [1.54, 1.807) is 7.11 Å². The van der Waals surface area contributed by atoms with Gasteiger partial charge in [0.2, 0.25) is 0 Å². The van der Waals surface area contributed by atoms with Gasteiger partial charge in [-0.1, -0.05) is 12.1 Å². The quantitative estimate of drug-likeness (QED) is 0.776. The molecule has 1 aromatic carbocycles. The van der Waals surface area contributed by atoms with Gasteiger partial charge in [0.05, 0.1) is 19.9 Å². The molecule has 0 bridgehead atoms. The first-order valence-corrected chi connectivity index (χ1v) is 9.16. The smallest absolute Gasteiger partial charge is 0.119 e. The molecule has 1 atom stereocenters. The number of methoxy groups -OCH3 is 1. The first kappa shape index (κ1) is 16.6. The molecule has 1 aromatic heterocycles. The lowest BCUT2D eigenvalue weighted by molar-refractivity contribution is 0.0870. The molecule has 0 spiro atoms. The van der Waals surface area contributed by atoms with Crippen LogP contribution in [0, 0.1) is 5.92 Å². The molecule has 134 valence electrons. The minimum Gasteiger partial charge on any atom is -0.497 e. The van der Waals surface area contributed by atoms with Crippen molar-refractivity contribution in [3.05, 3.63) is 47.3 Å². The van der Waals surface area contributed by atoms with Crippen LogP contribution < -0.4 is 4.74 Å². The fourth-order valence-corrected chi connectivity index (χ4v) is 3.79. The average Bonchev–Trinajstić information content (AvgIpc) is 3.37. The van der Waals surface area contributed by atoms with Gasteiger partial charge in [0.25, 0.3) is 0 Å². The molecule has 2 heterocycles. The van der Waals surface area contributed by atoms with Gasteiger partial charge in [-0.25, -0.2) is 0 Å². The minimum atomic E-state index is 0.389. The van der Waals surface area contributed by atoms with Crippen molar-refractivity contribution in [3.8, 4) is 5.75 Å². The molecule has 0 unspecified atom stereocenters. The fraction of sp³-hybridized carbons (Fsp3) is 0.550. The van der Waals surface area contributed by atoms with E-state index in [0.29, 0.717) is 5.92 Å². The normalized spacial score (nSPS) is 20.5. The number of fused-ring (bicyclic) bond motifs is 1. The van der Waals surface area contributed by atoms with Crippen molar-refractivity contribution < 1.29 is 9.47 Å². The summed E-state index contributed by atoms with van der Waals surface area (Å²) < 4.78 is 13.4. The van der Waals surface area contributed by atoms with E-state index in [0.717, 1.165) is 44.5 Å². The SMILES string of the molecule is COc1cccc(CN2Cc3cnn(C)c3[C@@H](COCC3CC3)C2)c1. The van der Waals surface area contributed by atoms with Gasteiger partial charge in [0.1, 0.15) is 5.75 Å². The Morgan fingerprint density at radius 2 is 2.12 bits per heavy atom. The number of aryl methyl sites for hydroxylation is 1. The third-order valence-corrected chi connectivity index (χ3v) is 5.23. The van der Waals surface area contributed by atoms with Crippen LogP contribution in [0.4, 0.5) is 0 Å². The largest absolute Gasteiger partial charge is 0.497 e. The zero-order valence-corrected chi connectivity index (χ0v) is 15.1. The van der Waals surface area contributed by atoms with Crippen molar-refractivity contribution in [3.63, 3.8) is 0 Å². The highest BCUT2D eigenvalue weighted by Gasteiger charge is 2.30. The first-order chi connectivity index (χ1) is 12.2. The molecule has 4 rings (SSSR count). The van der Waals surface area contributed by atoms with Gasteiger partial charge < -0.3 is 9.47 Å². The molecule has 0 amide bonds. The number of rotatable bonds is 7. The second kappa shape index (κ2) is 7.18. The summed E-state index contributed by atoms with van der Waals surface area (Å²) in [7, 11) is 3.76. The maximum absolute atomic E-state index is 6.03. The molecule has 5 nitrogen and oxygen atoms in total. The van der Waals surface area contributed by atoms with Crippen LogP contribution in [0.25, 0.3) is 0 Å². The van der Waals surface area contributed by atoms with Crippen molar-refractivity contribution in [1.82, 2.24) is 14.7 Å². The van der Waals surface area contributed by atoms with E-state index >= 15 is 0 Å². The van der Waals surface area contributed by atoms with E-state index in [-0.39, 0.29) is 0 Å². The Kier molecular flexibility index (Phi) is 4.77. The van der Waals surface area contributed by atoms with Crippen LogP contribution in [0.1, 0.15) is 35.6 Å². The van der Waals surface area contributed by atoms with Gasteiger partial charge in [0.15, 0.2) is 0 Å². The lowest BCUT2D eigenvalue weighted by Gasteiger charge is -2.33. The van der Waals surface area contributed by atoms with Crippen LogP contribution in [-0.4, -0.2) is 41.5 Å². The standard InChI is InChI=1S/C20H27N3O2/c1-22-20-17(9-21-22)11-23(10-16-4-3-5-19(8-16)24-2)12-18(20)14-25-13-15-6-7-15/h3-5,8-9,15,18H,6-7,10-14H2,1-2H3/t18-/m1/s1. The second-order valence-corrected chi connectivity index (χ2v) is 7.38. The van der Waals surface area contributed by atoms with Gasteiger partial charge in [-0.05, 0) is 36.5 Å². The number of aromatic nitrogens is 2. The van der Waals surface area contributed by atoms with E-state index < -0.39 is 0 Å². The Bertz CT molecular complexity index is 723. The van der Waals surface area contributed by atoms with Crippen LogP contribution in [0.5, 0.6) is 5.75 Å².